The van der Waals surface area contributed by atoms with Crippen molar-refractivity contribution in [2.75, 3.05) is 24.2 Å². The van der Waals surface area contributed by atoms with Gasteiger partial charge < -0.3 is 15.5 Å². The topological polar surface area (TPSA) is 85.2 Å². The van der Waals surface area contributed by atoms with Gasteiger partial charge in [0.25, 0.3) is 5.91 Å². The molecule has 2 heterocycles. The number of carbonyl (C=O) groups is 2. The van der Waals surface area contributed by atoms with Gasteiger partial charge in [-0.1, -0.05) is 36.0 Å². The summed E-state index contributed by atoms with van der Waals surface area (Å²) < 4.78 is 0. The van der Waals surface area contributed by atoms with Crippen LogP contribution in [0.2, 0.25) is 0 Å². The summed E-state index contributed by atoms with van der Waals surface area (Å²) in [5.74, 6) is -0.495. The molecule has 3 rings (SSSR count). The normalized spacial score (nSPS) is 15.8. The first-order valence-corrected chi connectivity index (χ1v) is 12.3. The second kappa shape index (κ2) is 11.0. The van der Waals surface area contributed by atoms with E-state index in [2.05, 4.69) is 16.7 Å². The molecular weight excluding hydrogens is 440 g/mol. The van der Waals surface area contributed by atoms with Crippen LogP contribution < -0.4 is 10.6 Å². The lowest BCUT2D eigenvalue weighted by molar-refractivity contribution is -0.128. The third-order valence-corrected chi connectivity index (χ3v) is 7.15. The van der Waals surface area contributed by atoms with Gasteiger partial charge in [0, 0.05) is 34.9 Å². The van der Waals surface area contributed by atoms with Gasteiger partial charge in [0.15, 0.2) is 0 Å². The highest BCUT2D eigenvalue weighted by Crippen LogP contribution is 2.42. The second-order valence-corrected chi connectivity index (χ2v) is 9.11. The Kier molecular flexibility index (Phi) is 8.14. The Morgan fingerprint density at radius 1 is 1.19 bits per heavy atom. The van der Waals surface area contributed by atoms with E-state index in [1.807, 2.05) is 68.6 Å². The van der Waals surface area contributed by atoms with Crippen molar-refractivity contribution in [2.45, 2.75) is 26.7 Å². The number of thiophene rings is 1. The summed E-state index contributed by atoms with van der Waals surface area (Å²) in [5.41, 5.74) is 2.32. The highest BCUT2D eigenvalue weighted by molar-refractivity contribution is 8.03. The number of rotatable bonds is 8. The summed E-state index contributed by atoms with van der Waals surface area (Å²) in [6, 6.07) is 15.4. The first kappa shape index (κ1) is 23.6. The minimum atomic E-state index is -0.490. The molecule has 0 aliphatic carbocycles. The van der Waals surface area contributed by atoms with Gasteiger partial charge in [0.1, 0.15) is 0 Å². The molecule has 0 fully saturated rings. The standard InChI is InChI=1S/C24H26N4O2S2/c1-4-28(5-2)20(29)15-32-24-18(14-25)22(19-12-9-13-31-19)21(16(3)26-24)23(30)27-17-10-7-6-8-11-17/h6-13,22,26H,4-5,15H2,1-3H3,(H,27,30)/t22-/m1/s1. The first-order chi connectivity index (χ1) is 15.5. The summed E-state index contributed by atoms with van der Waals surface area (Å²) in [6.45, 7) is 7.02. The number of carbonyl (C=O) groups excluding carboxylic acids is 2. The van der Waals surface area contributed by atoms with Crippen LogP contribution in [0.4, 0.5) is 5.69 Å². The molecule has 0 saturated heterocycles. The zero-order valence-electron chi connectivity index (χ0n) is 18.3. The van der Waals surface area contributed by atoms with Crippen LogP contribution in [0.3, 0.4) is 0 Å². The number of nitrogens with one attached hydrogen (secondary N) is 2. The first-order valence-electron chi connectivity index (χ1n) is 10.4. The molecule has 1 aromatic carbocycles. The van der Waals surface area contributed by atoms with E-state index in [1.165, 1.54) is 23.1 Å². The molecule has 0 spiro atoms. The van der Waals surface area contributed by atoms with Crippen LogP contribution in [0.15, 0.2) is 69.7 Å². The molecule has 0 saturated carbocycles. The van der Waals surface area contributed by atoms with E-state index in [0.717, 1.165) is 4.88 Å². The maximum atomic E-state index is 13.3. The van der Waals surface area contributed by atoms with Crippen LogP contribution in [0, 0.1) is 11.3 Å². The molecule has 2 amide bonds. The smallest absolute Gasteiger partial charge is 0.254 e. The molecule has 1 atom stereocenters. The number of nitriles is 1. The number of para-hydroxylation sites is 1. The predicted octanol–water partition coefficient (Wildman–Crippen LogP) is 4.68. The Balaban J connectivity index is 1.93. The van der Waals surface area contributed by atoms with E-state index in [4.69, 9.17) is 0 Å². The number of nitrogens with zero attached hydrogens (tertiary/aromatic N) is 2. The molecule has 1 aliphatic rings. The highest BCUT2D eigenvalue weighted by Gasteiger charge is 2.35. The van der Waals surface area contributed by atoms with Crippen LogP contribution in [0.25, 0.3) is 0 Å². The molecule has 2 aromatic rings. The van der Waals surface area contributed by atoms with Gasteiger partial charge in [0.2, 0.25) is 5.91 Å². The number of amides is 2. The Labute approximate surface area is 197 Å². The van der Waals surface area contributed by atoms with Crippen molar-refractivity contribution in [1.82, 2.24) is 10.2 Å². The number of hydrogen-bond donors (Lipinski definition) is 2. The highest BCUT2D eigenvalue weighted by atomic mass is 32.2. The zero-order valence-corrected chi connectivity index (χ0v) is 20.0. The average molecular weight is 467 g/mol. The Bertz CT molecular complexity index is 1070. The van der Waals surface area contributed by atoms with Crippen molar-refractivity contribution in [3.05, 3.63) is 74.6 Å². The van der Waals surface area contributed by atoms with Crippen LogP contribution in [0.5, 0.6) is 0 Å². The van der Waals surface area contributed by atoms with E-state index in [0.29, 0.717) is 40.6 Å². The number of thioether (sulfide) groups is 1. The van der Waals surface area contributed by atoms with Gasteiger partial charge in [-0.25, -0.2) is 0 Å². The monoisotopic (exact) mass is 466 g/mol. The third-order valence-electron chi connectivity index (χ3n) is 5.21. The van der Waals surface area contributed by atoms with Crippen LogP contribution in [-0.2, 0) is 9.59 Å². The molecule has 1 aliphatic heterocycles. The maximum Gasteiger partial charge on any atom is 0.254 e. The van der Waals surface area contributed by atoms with Gasteiger partial charge in [-0.2, -0.15) is 5.26 Å². The van der Waals surface area contributed by atoms with Gasteiger partial charge in [-0.05, 0) is 44.4 Å². The molecule has 1 aromatic heterocycles. The minimum Gasteiger partial charge on any atom is -0.353 e. The van der Waals surface area contributed by atoms with Gasteiger partial charge in [-0.15, -0.1) is 11.3 Å². The van der Waals surface area contributed by atoms with Gasteiger partial charge >= 0.3 is 0 Å². The third kappa shape index (κ3) is 5.23. The van der Waals surface area contributed by atoms with E-state index < -0.39 is 5.92 Å². The molecule has 0 radical (unpaired) electrons. The van der Waals surface area contributed by atoms with Crippen molar-refractivity contribution in [3.63, 3.8) is 0 Å². The molecule has 166 valence electrons. The molecule has 8 heteroatoms. The summed E-state index contributed by atoms with van der Waals surface area (Å²) >= 11 is 2.82. The summed E-state index contributed by atoms with van der Waals surface area (Å²) in [4.78, 5) is 28.5. The van der Waals surface area contributed by atoms with Crippen molar-refractivity contribution >= 4 is 40.6 Å². The fourth-order valence-electron chi connectivity index (χ4n) is 3.59. The van der Waals surface area contributed by atoms with Gasteiger partial charge in [0.05, 0.1) is 28.3 Å². The number of hydrogen-bond acceptors (Lipinski definition) is 6. The molecular formula is C24H26N4O2S2. The Morgan fingerprint density at radius 3 is 2.50 bits per heavy atom. The van der Waals surface area contributed by atoms with E-state index in [1.54, 1.807) is 4.90 Å². The lowest BCUT2D eigenvalue weighted by Crippen LogP contribution is -2.33. The van der Waals surface area contributed by atoms with Crippen molar-refractivity contribution in [3.8, 4) is 6.07 Å². The van der Waals surface area contributed by atoms with Crippen molar-refractivity contribution in [2.24, 2.45) is 0 Å². The van der Waals surface area contributed by atoms with Crippen LogP contribution in [0.1, 0.15) is 31.6 Å². The molecule has 32 heavy (non-hydrogen) atoms. The van der Waals surface area contributed by atoms with Crippen molar-refractivity contribution in [1.29, 1.82) is 5.26 Å². The van der Waals surface area contributed by atoms with E-state index in [9.17, 15) is 14.9 Å². The summed E-state index contributed by atoms with van der Waals surface area (Å²) in [6.07, 6.45) is 0. The average Bonchev–Trinajstić information content (AvgIpc) is 3.33. The SMILES string of the molecule is CCN(CC)C(=O)CSC1=C(C#N)[C@H](c2cccs2)C(C(=O)Nc2ccccc2)=C(C)N1. The van der Waals surface area contributed by atoms with Crippen LogP contribution >= 0.6 is 23.1 Å². The molecule has 0 bridgehead atoms. The zero-order chi connectivity index (χ0) is 23.1. The maximum absolute atomic E-state index is 13.3. The lowest BCUT2D eigenvalue weighted by Gasteiger charge is -2.29. The predicted molar refractivity (Wildman–Crippen MR) is 131 cm³/mol. The number of dihydropyridines is 1. The summed E-state index contributed by atoms with van der Waals surface area (Å²) in [7, 11) is 0. The largest absolute Gasteiger partial charge is 0.353 e. The van der Waals surface area contributed by atoms with E-state index >= 15 is 0 Å². The summed E-state index contributed by atoms with van der Waals surface area (Å²) in [5, 5.41) is 18.8. The quantitative estimate of drug-likeness (QED) is 0.590. The molecule has 2 N–H and O–H groups in total. The molecule has 6 nitrogen and oxygen atoms in total. The van der Waals surface area contributed by atoms with Crippen LogP contribution in [-0.4, -0.2) is 35.6 Å². The number of allylic oxidation sites excluding steroid dienone is 2. The second-order valence-electron chi connectivity index (χ2n) is 7.14. The van der Waals surface area contributed by atoms with E-state index in [-0.39, 0.29) is 17.6 Å². The Morgan fingerprint density at radius 2 is 1.91 bits per heavy atom. The minimum absolute atomic E-state index is 0.0218. The number of anilines is 1. The fourth-order valence-corrected chi connectivity index (χ4v) is 5.43. The Hall–Kier alpha value is -3.02. The molecule has 0 unspecified atom stereocenters. The number of benzene rings is 1. The lowest BCUT2D eigenvalue weighted by atomic mass is 9.86. The fraction of sp³-hybridized carbons (Fsp3) is 0.292. The van der Waals surface area contributed by atoms with Crippen molar-refractivity contribution < 1.29 is 9.59 Å². The van der Waals surface area contributed by atoms with Gasteiger partial charge in [-0.3, -0.25) is 9.59 Å².